The van der Waals surface area contributed by atoms with E-state index in [9.17, 15) is 9.18 Å². The molecule has 76 valence electrons. The molecule has 1 aromatic rings. The van der Waals surface area contributed by atoms with E-state index in [1.165, 1.54) is 6.08 Å². The number of carbonyl (C=O) groups is 1. The maximum absolute atomic E-state index is 13.8. The lowest BCUT2D eigenvalue weighted by atomic mass is 10.1. The van der Waals surface area contributed by atoms with Crippen LogP contribution in [0.1, 0.15) is 24.2 Å². The maximum Gasteiger partial charge on any atom is 0.184 e. The van der Waals surface area contributed by atoms with E-state index < -0.39 is 6.17 Å². The van der Waals surface area contributed by atoms with Crippen LogP contribution in [0.2, 0.25) is 0 Å². The highest BCUT2D eigenvalue weighted by molar-refractivity contribution is 6.09. The standard InChI is InChI=1S/C13H11FO/c1-2-5-12(15)11-8-9-6-3-4-7-10(9)13(11)14/h2-8,13H,1H3/b5-2+. The zero-order valence-electron chi connectivity index (χ0n) is 8.41. The van der Waals surface area contributed by atoms with Crippen molar-refractivity contribution < 1.29 is 9.18 Å². The van der Waals surface area contributed by atoms with Crippen LogP contribution in [0.25, 0.3) is 6.08 Å². The maximum atomic E-state index is 13.8. The smallest absolute Gasteiger partial charge is 0.184 e. The van der Waals surface area contributed by atoms with Gasteiger partial charge in [-0.25, -0.2) is 4.39 Å². The third-order valence-corrected chi connectivity index (χ3v) is 2.46. The summed E-state index contributed by atoms with van der Waals surface area (Å²) in [4.78, 5) is 11.5. The molecule has 0 saturated heterocycles. The summed E-state index contributed by atoms with van der Waals surface area (Å²) < 4.78 is 13.8. The van der Waals surface area contributed by atoms with Crippen LogP contribution in [-0.2, 0) is 4.79 Å². The lowest BCUT2D eigenvalue weighted by molar-refractivity contribution is -0.111. The predicted molar refractivity (Wildman–Crippen MR) is 58.1 cm³/mol. The number of rotatable bonds is 2. The number of benzene rings is 1. The molecule has 15 heavy (non-hydrogen) atoms. The van der Waals surface area contributed by atoms with Gasteiger partial charge in [-0.15, -0.1) is 0 Å². The molecule has 0 heterocycles. The first-order valence-electron chi connectivity index (χ1n) is 4.85. The quantitative estimate of drug-likeness (QED) is 0.673. The largest absolute Gasteiger partial charge is 0.290 e. The summed E-state index contributed by atoms with van der Waals surface area (Å²) in [5.74, 6) is -0.249. The first-order chi connectivity index (χ1) is 7.24. The minimum atomic E-state index is -1.27. The zero-order chi connectivity index (χ0) is 10.8. The SMILES string of the molecule is C/C=C/C(=O)C1=Cc2ccccc2C1F. The second-order valence-electron chi connectivity index (χ2n) is 3.46. The summed E-state index contributed by atoms with van der Waals surface area (Å²) in [5, 5.41) is 0. The summed E-state index contributed by atoms with van der Waals surface area (Å²) in [5.41, 5.74) is 1.62. The number of ketones is 1. The van der Waals surface area contributed by atoms with E-state index in [1.54, 1.807) is 31.2 Å². The van der Waals surface area contributed by atoms with Gasteiger partial charge in [-0.3, -0.25) is 4.79 Å². The van der Waals surface area contributed by atoms with E-state index in [0.29, 0.717) is 5.56 Å². The molecule has 0 aliphatic heterocycles. The van der Waals surface area contributed by atoms with Crippen molar-refractivity contribution >= 4 is 11.9 Å². The Bertz CT molecular complexity index is 457. The summed E-state index contributed by atoms with van der Waals surface area (Å²) in [6, 6.07) is 7.15. The van der Waals surface area contributed by atoms with Gasteiger partial charge in [-0.1, -0.05) is 30.3 Å². The average molecular weight is 202 g/mol. The van der Waals surface area contributed by atoms with Crippen molar-refractivity contribution in [2.24, 2.45) is 0 Å². The minimum Gasteiger partial charge on any atom is -0.290 e. The third-order valence-electron chi connectivity index (χ3n) is 2.46. The second kappa shape index (κ2) is 3.81. The fraction of sp³-hybridized carbons (Fsp3) is 0.154. The summed E-state index contributed by atoms with van der Waals surface area (Å²) in [6.45, 7) is 1.74. The topological polar surface area (TPSA) is 17.1 Å². The van der Waals surface area contributed by atoms with Crippen LogP contribution in [0.5, 0.6) is 0 Å². The molecule has 1 atom stereocenters. The normalized spacial score (nSPS) is 19.1. The van der Waals surface area contributed by atoms with E-state index in [-0.39, 0.29) is 11.4 Å². The molecule has 0 aromatic heterocycles. The Morgan fingerprint density at radius 3 is 2.80 bits per heavy atom. The summed E-state index contributed by atoms with van der Waals surface area (Å²) in [6.07, 6.45) is 3.37. The fourth-order valence-corrected chi connectivity index (χ4v) is 1.73. The van der Waals surface area contributed by atoms with E-state index in [1.807, 2.05) is 12.1 Å². The van der Waals surface area contributed by atoms with Gasteiger partial charge in [0.2, 0.25) is 0 Å². The molecule has 1 unspecified atom stereocenters. The first-order valence-corrected chi connectivity index (χ1v) is 4.85. The highest BCUT2D eigenvalue weighted by Gasteiger charge is 2.27. The van der Waals surface area contributed by atoms with Crippen LogP contribution < -0.4 is 0 Å². The van der Waals surface area contributed by atoms with Crippen LogP contribution in [0.15, 0.2) is 42.0 Å². The molecule has 0 fully saturated rings. The molecule has 1 aromatic carbocycles. The van der Waals surface area contributed by atoms with Crippen LogP contribution in [0.4, 0.5) is 4.39 Å². The van der Waals surface area contributed by atoms with Crippen molar-refractivity contribution in [3.8, 4) is 0 Å². The van der Waals surface area contributed by atoms with Gasteiger partial charge in [0.15, 0.2) is 12.0 Å². The molecule has 1 aliphatic carbocycles. The van der Waals surface area contributed by atoms with Gasteiger partial charge in [0.05, 0.1) is 0 Å². The molecule has 1 nitrogen and oxygen atoms in total. The Morgan fingerprint density at radius 1 is 1.40 bits per heavy atom. The lowest BCUT2D eigenvalue weighted by Gasteiger charge is -2.04. The van der Waals surface area contributed by atoms with Gasteiger partial charge in [0, 0.05) is 5.57 Å². The number of alkyl halides is 1. The van der Waals surface area contributed by atoms with Crippen molar-refractivity contribution in [2.75, 3.05) is 0 Å². The lowest BCUT2D eigenvalue weighted by Crippen LogP contribution is -2.01. The Balaban J connectivity index is 2.38. The van der Waals surface area contributed by atoms with Gasteiger partial charge >= 0.3 is 0 Å². The van der Waals surface area contributed by atoms with Crippen molar-refractivity contribution in [2.45, 2.75) is 13.1 Å². The molecular weight excluding hydrogens is 191 g/mol. The van der Waals surface area contributed by atoms with Crippen molar-refractivity contribution in [1.82, 2.24) is 0 Å². The Labute approximate surface area is 87.9 Å². The van der Waals surface area contributed by atoms with Gasteiger partial charge in [0.25, 0.3) is 0 Å². The van der Waals surface area contributed by atoms with E-state index >= 15 is 0 Å². The van der Waals surface area contributed by atoms with Crippen molar-refractivity contribution in [1.29, 1.82) is 0 Å². The first kappa shape index (κ1) is 9.84. The number of halogens is 1. The van der Waals surface area contributed by atoms with Crippen molar-refractivity contribution in [3.05, 3.63) is 53.1 Å². The van der Waals surface area contributed by atoms with Gasteiger partial charge in [0.1, 0.15) is 0 Å². The molecule has 0 amide bonds. The van der Waals surface area contributed by atoms with Crippen LogP contribution in [0, 0.1) is 0 Å². The molecule has 0 spiro atoms. The summed E-state index contributed by atoms with van der Waals surface area (Å²) in [7, 11) is 0. The predicted octanol–water partition coefficient (Wildman–Crippen LogP) is 3.24. The fourth-order valence-electron chi connectivity index (χ4n) is 1.73. The molecule has 0 radical (unpaired) electrons. The van der Waals surface area contributed by atoms with E-state index in [4.69, 9.17) is 0 Å². The molecule has 0 saturated carbocycles. The van der Waals surface area contributed by atoms with Gasteiger partial charge < -0.3 is 0 Å². The second-order valence-corrected chi connectivity index (χ2v) is 3.46. The van der Waals surface area contributed by atoms with Crippen LogP contribution >= 0.6 is 0 Å². The van der Waals surface area contributed by atoms with E-state index in [2.05, 4.69) is 0 Å². The highest BCUT2D eigenvalue weighted by atomic mass is 19.1. The molecule has 2 heteroatoms. The number of allylic oxidation sites excluding steroid dienone is 3. The Kier molecular flexibility index (Phi) is 2.50. The number of hydrogen-bond acceptors (Lipinski definition) is 1. The molecule has 0 N–H and O–H groups in total. The number of hydrogen-bond donors (Lipinski definition) is 0. The average Bonchev–Trinajstić information content (AvgIpc) is 2.57. The Hall–Kier alpha value is -1.70. The molecule has 2 rings (SSSR count). The Morgan fingerprint density at radius 2 is 2.13 bits per heavy atom. The monoisotopic (exact) mass is 202 g/mol. The van der Waals surface area contributed by atoms with Crippen LogP contribution in [-0.4, -0.2) is 5.78 Å². The molecule has 0 bridgehead atoms. The van der Waals surface area contributed by atoms with Gasteiger partial charge in [-0.2, -0.15) is 0 Å². The summed E-state index contributed by atoms with van der Waals surface area (Å²) >= 11 is 0. The third kappa shape index (κ3) is 1.63. The van der Waals surface area contributed by atoms with Gasteiger partial charge in [-0.05, 0) is 30.2 Å². The van der Waals surface area contributed by atoms with E-state index in [0.717, 1.165) is 5.56 Å². The minimum absolute atomic E-state index is 0.231. The number of fused-ring (bicyclic) bond motifs is 1. The van der Waals surface area contributed by atoms with Crippen LogP contribution in [0.3, 0.4) is 0 Å². The zero-order valence-corrected chi connectivity index (χ0v) is 8.41. The van der Waals surface area contributed by atoms with Crippen molar-refractivity contribution in [3.63, 3.8) is 0 Å². The highest BCUT2D eigenvalue weighted by Crippen LogP contribution is 2.37. The number of carbonyl (C=O) groups excluding carboxylic acids is 1. The molecule has 1 aliphatic rings. The molecular formula is C13H11FO.